The van der Waals surface area contributed by atoms with Crippen LogP contribution in [0.5, 0.6) is 0 Å². The molecule has 0 N–H and O–H groups in total. The van der Waals surface area contributed by atoms with Gasteiger partial charge in [0, 0.05) is 18.2 Å². The molecule has 0 aliphatic rings. The summed E-state index contributed by atoms with van der Waals surface area (Å²) in [5.74, 6) is 0.343. The molecule has 4 heteroatoms. The van der Waals surface area contributed by atoms with Crippen LogP contribution in [0.4, 0.5) is 0 Å². The van der Waals surface area contributed by atoms with Crippen molar-refractivity contribution in [2.24, 2.45) is 0 Å². The van der Waals surface area contributed by atoms with Crippen LogP contribution in [0.25, 0.3) is 11.0 Å². The maximum Gasteiger partial charge on any atom is 0.305 e. The number of ketones is 1. The lowest BCUT2D eigenvalue weighted by Crippen LogP contribution is -2.03. The molecule has 0 bridgehead atoms. The zero-order chi connectivity index (χ0) is 15.8. The second-order valence-corrected chi connectivity index (χ2v) is 5.29. The summed E-state index contributed by atoms with van der Waals surface area (Å²) in [6.07, 6.45) is 4.46. The summed E-state index contributed by atoms with van der Waals surface area (Å²) in [4.78, 5) is 23.2. The van der Waals surface area contributed by atoms with Gasteiger partial charge in [0.15, 0.2) is 11.5 Å². The van der Waals surface area contributed by atoms with Gasteiger partial charge in [0.25, 0.3) is 0 Å². The van der Waals surface area contributed by atoms with Crippen LogP contribution in [-0.2, 0) is 9.53 Å². The molecule has 0 atom stereocenters. The highest BCUT2D eigenvalue weighted by atomic mass is 16.5. The van der Waals surface area contributed by atoms with E-state index in [-0.39, 0.29) is 11.8 Å². The van der Waals surface area contributed by atoms with Crippen LogP contribution in [0.2, 0.25) is 0 Å². The van der Waals surface area contributed by atoms with E-state index in [1.807, 2.05) is 31.2 Å². The van der Waals surface area contributed by atoms with Crippen molar-refractivity contribution in [1.82, 2.24) is 0 Å². The van der Waals surface area contributed by atoms with Gasteiger partial charge >= 0.3 is 5.97 Å². The van der Waals surface area contributed by atoms with E-state index in [2.05, 4.69) is 0 Å². The van der Waals surface area contributed by atoms with Crippen LogP contribution in [0.1, 0.15) is 56.0 Å². The van der Waals surface area contributed by atoms with Gasteiger partial charge < -0.3 is 9.15 Å². The Bertz CT molecular complexity index is 594. The second-order valence-electron chi connectivity index (χ2n) is 5.29. The lowest BCUT2D eigenvalue weighted by Gasteiger charge is -2.01. The van der Waals surface area contributed by atoms with Crippen molar-refractivity contribution in [3.8, 4) is 0 Å². The van der Waals surface area contributed by atoms with Gasteiger partial charge in [-0.1, -0.05) is 31.0 Å². The highest BCUT2D eigenvalue weighted by molar-refractivity contribution is 5.97. The second kappa shape index (κ2) is 8.37. The monoisotopic (exact) mass is 302 g/mol. The third kappa shape index (κ3) is 4.72. The van der Waals surface area contributed by atoms with Crippen molar-refractivity contribution < 1.29 is 18.7 Å². The van der Waals surface area contributed by atoms with Crippen molar-refractivity contribution in [2.45, 2.75) is 45.4 Å². The standard InChI is InChI=1S/C18H22O4/c1-2-21-18(20)12-6-4-3-5-10-15(19)17-13-14-9-7-8-11-16(14)22-17/h7-9,11,13H,2-6,10,12H2,1H3. The molecule has 0 saturated carbocycles. The van der Waals surface area contributed by atoms with Crippen molar-refractivity contribution in [2.75, 3.05) is 6.61 Å². The largest absolute Gasteiger partial charge is 0.466 e. The van der Waals surface area contributed by atoms with Gasteiger partial charge in [0.05, 0.1) is 6.61 Å². The van der Waals surface area contributed by atoms with Crippen molar-refractivity contribution in [3.05, 3.63) is 36.1 Å². The van der Waals surface area contributed by atoms with Gasteiger partial charge in [0.1, 0.15) is 5.58 Å². The zero-order valence-electron chi connectivity index (χ0n) is 13.0. The molecule has 1 aromatic carbocycles. The normalized spacial score (nSPS) is 10.8. The minimum absolute atomic E-state index is 0.0431. The maximum absolute atomic E-state index is 12.1. The summed E-state index contributed by atoms with van der Waals surface area (Å²) in [6.45, 7) is 2.24. The molecule has 2 aromatic rings. The number of ether oxygens (including phenoxy) is 1. The predicted molar refractivity (Wildman–Crippen MR) is 84.9 cm³/mol. The fourth-order valence-corrected chi connectivity index (χ4v) is 2.38. The Kier molecular flexibility index (Phi) is 6.19. The Morgan fingerprint density at radius 1 is 1.05 bits per heavy atom. The first kappa shape index (κ1) is 16.3. The predicted octanol–water partition coefficient (Wildman–Crippen LogP) is 4.52. The number of Topliss-reactive ketones (excluding diaryl/α,β-unsaturated/α-hetero) is 1. The van der Waals surface area contributed by atoms with E-state index in [9.17, 15) is 9.59 Å². The van der Waals surface area contributed by atoms with E-state index >= 15 is 0 Å². The topological polar surface area (TPSA) is 56.5 Å². The van der Waals surface area contributed by atoms with Gasteiger partial charge in [-0.05, 0) is 31.9 Å². The number of rotatable bonds is 9. The van der Waals surface area contributed by atoms with Gasteiger partial charge in [-0.3, -0.25) is 9.59 Å². The van der Waals surface area contributed by atoms with Crippen LogP contribution < -0.4 is 0 Å². The number of unbranched alkanes of at least 4 members (excludes halogenated alkanes) is 3. The fraction of sp³-hybridized carbons (Fsp3) is 0.444. The number of hydrogen-bond donors (Lipinski definition) is 0. The van der Waals surface area contributed by atoms with Crippen LogP contribution in [0, 0.1) is 0 Å². The molecule has 2 rings (SSSR count). The molecular weight excluding hydrogens is 280 g/mol. The molecule has 0 amide bonds. The number of furan rings is 1. The first-order valence-corrected chi connectivity index (χ1v) is 7.88. The average Bonchev–Trinajstić information content (AvgIpc) is 2.95. The van der Waals surface area contributed by atoms with E-state index in [0.29, 0.717) is 25.2 Å². The average molecular weight is 302 g/mol. The molecule has 0 aliphatic carbocycles. The van der Waals surface area contributed by atoms with Crippen molar-refractivity contribution in [1.29, 1.82) is 0 Å². The Morgan fingerprint density at radius 2 is 1.77 bits per heavy atom. The summed E-state index contributed by atoms with van der Waals surface area (Å²) in [6, 6.07) is 9.42. The molecule has 0 unspecified atom stereocenters. The fourth-order valence-electron chi connectivity index (χ4n) is 2.38. The summed E-state index contributed by atoms with van der Waals surface area (Å²) in [5.41, 5.74) is 0.750. The molecule has 0 spiro atoms. The van der Waals surface area contributed by atoms with E-state index < -0.39 is 0 Å². The van der Waals surface area contributed by atoms with E-state index in [4.69, 9.17) is 9.15 Å². The first-order chi connectivity index (χ1) is 10.7. The first-order valence-electron chi connectivity index (χ1n) is 7.88. The van der Waals surface area contributed by atoms with Gasteiger partial charge in [-0.25, -0.2) is 0 Å². The van der Waals surface area contributed by atoms with Gasteiger partial charge in [-0.15, -0.1) is 0 Å². The number of fused-ring (bicyclic) bond motifs is 1. The van der Waals surface area contributed by atoms with E-state index in [0.717, 1.165) is 36.7 Å². The molecule has 0 aliphatic heterocycles. The number of benzene rings is 1. The van der Waals surface area contributed by atoms with Crippen LogP contribution in [0.15, 0.2) is 34.7 Å². The van der Waals surface area contributed by atoms with Gasteiger partial charge in [0.2, 0.25) is 0 Å². The third-order valence-electron chi connectivity index (χ3n) is 3.54. The van der Waals surface area contributed by atoms with E-state index in [1.165, 1.54) is 0 Å². The van der Waals surface area contributed by atoms with Crippen LogP contribution in [0.3, 0.4) is 0 Å². The molecule has 4 nitrogen and oxygen atoms in total. The zero-order valence-corrected chi connectivity index (χ0v) is 13.0. The number of para-hydroxylation sites is 1. The molecule has 1 aromatic heterocycles. The number of hydrogen-bond acceptors (Lipinski definition) is 4. The minimum Gasteiger partial charge on any atom is -0.466 e. The molecule has 118 valence electrons. The Balaban J connectivity index is 1.66. The molecule has 1 heterocycles. The summed E-state index contributed by atoms with van der Waals surface area (Å²) in [7, 11) is 0. The van der Waals surface area contributed by atoms with Crippen molar-refractivity contribution >= 4 is 22.7 Å². The minimum atomic E-state index is -0.138. The number of esters is 1. The van der Waals surface area contributed by atoms with E-state index in [1.54, 1.807) is 6.07 Å². The summed E-state index contributed by atoms with van der Waals surface area (Å²) >= 11 is 0. The quantitative estimate of drug-likeness (QED) is 0.388. The Labute approximate surface area is 130 Å². The summed E-state index contributed by atoms with van der Waals surface area (Å²) in [5, 5.41) is 0.959. The van der Waals surface area contributed by atoms with Gasteiger partial charge in [-0.2, -0.15) is 0 Å². The smallest absolute Gasteiger partial charge is 0.305 e. The van der Waals surface area contributed by atoms with Crippen LogP contribution in [-0.4, -0.2) is 18.4 Å². The number of carbonyl (C=O) groups is 2. The maximum atomic E-state index is 12.1. The molecule has 0 saturated heterocycles. The van der Waals surface area contributed by atoms with Crippen molar-refractivity contribution in [3.63, 3.8) is 0 Å². The number of carbonyl (C=O) groups excluding carboxylic acids is 2. The molecule has 22 heavy (non-hydrogen) atoms. The third-order valence-corrected chi connectivity index (χ3v) is 3.54. The molecule has 0 radical (unpaired) electrons. The molecule has 0 fully saturated rings. The highest BCUT2D eigenvalue weighted by Gasteiger charge is 2.11. The Morgan fingerprint density at radius 3 is 2.50 bits per heavy atom. The van der Waals surface area contributed by atoms with Crippen LogP contribution >= 0.6 is 0 Å². The highest BCUT2D eigenvalue weighted by Crippen LogP contribution is 2.20. The summed E-state index contributed by atoms with van der Waals surface area (Å²) < 4.78 is 10.4. The lowest BCUT2D eigenvalue weighted by molar-refractivity contribution is -0.143. The lowest BCUT2D eigenvalue weighted by atomic mass is 10.1. The Hall–Kier alpha value is -2.10. The molecular formula is C18H22O4. The SMILES string of the molecule is CCOC(=O)CCCCCCC(=O)c1cc2ccccc2o1.